The summed E-state index contributed by atoms with van der Waals surface area (Å²) in [5.74, 6) is 0.680. The summed E-state index contributed by atoms with van der Waals surface area (Å²) in [4.78, 5) is 7.27. The molecule has 0 spiro atoms. The van der Waals surface area contributed by atoms with E-state index in [1.54, 1.807) is 11.3 Å². The van der Waals surface area contributed by atoms with Gasteiger partial charge in [0.1, 0.15) is 0 Å². The molecule has 3 nitrogen and oxygen atoms in total. The largest absolute Gasteiger partial charge is 0.330 e. The Morgan fingerprint density at radius 3 is 2.79 bits per heavy atom. The first-order chi connectivity index (χ1) is 8.49. The Hall–Kier alpha value is -0.160. The van der Waals surface area contributed by atoms with E-state index in [4.69, 9.17) is 10.7 Å². The van der Waals surface area contributed by atoms with Crippen LogP contribution < -0.4 is 5.73 Å². The molecule has 1 unspecified atom stereocenters. The van der Waals surface area contributed by atoms with Gasteiger partial charge in [-0.05, 0) is 31.8 Å². The second kappa shape index (κ2) is 7.02. The monoisotopic (exact) mass is 303 g/mol. The molecule has 0 bridgehead atoms. The summed E-state index contributed by atoms with van der Waals surface area (Å²) in [7, 11) is 0. The maximum Gasteiger partial charge on any atom is 0.0982 e. The van der Waals surface area contributed by atoms with Crippen LogP contribution in [0.2, 0.25) is 0 Å². The van der Waals surface area contributed by atoms with Crippen molar-refractivity contribution in [1.29, 1.82) is 0 Å². The van der Waals surface area contributed by atoms with Crippen LogP contribution in [0.25, 0.3) is 0 Å². The molecular formula is C14H26ClN3S. The summed E-state index contributed by atoms with van der Waals surface area (Å²) in [6, 6.07) is 0. The number of thiazole rings is 1. The van der Waals surface area contributed by atoms with Crippen LogP contribution in [0.1, 0.15) is 44.3 Å². The summed E-state index contributed by atoms with van der Waals surface area (Å²) < 4.78 is 0. The molecule has 0 saturated carbocycles. The smallest absolute Gasteiger partial charge is 0.0982 e. The number of halogens is 1. The molecular weight excluding hydrogens is 278 g/mol. The van der Waals surface area contributed by atoms with Gasteiger partial charge in [0.05, 0.1) is 10.7 Å². The number of rotatable bonds is 3. The molecule has 19 heavy (non-hydrogen) atoms. The fraction of sp³-hybridized carbons (Fsp3) is 0.786. The van der Waals surface area contributed by atoms with Crippen LogP contribution in [0.3, 0.4) is 0 Å². The average molecular weight is 304 g/mol. The van der Waals surface area contributed by atoms with Crippen molar-refractivity contribution in [2.24, 2.45) is 11.7 Å². The first-order valence-corrected chi connectivity index (χ1v) is 7.74. The molecule has 2 heterocycles. The van der Waals surface area contributed by atoms with Crippen LogP contribution in [0, 0.1) is 5.92 Å². The van der Waals surface area contributed by atoms with Crippen LogP contribution in [0.4, 0.5) is 0 Å². The van der Waals surface area contributed by atoms with E-state index in [9.17, 15) is 0 Å². The Morgan fingerprint density at radius 1 is 1.47 bits per heavy atom. The van der Waals surface area contributed by atoms with Crippen LogP contribution in [0.5, 0.6) is 0 Å². The van der Waals surface area contributed by atoms with Crippen molar-refractivity contribution >= 4 is 23.7 Å². The Labute approximate surface area is 127 Å². The number of piperidine rings is 1. The molecule has 1 saturated heterocycles. The summed E-state index contributed by atoms with van der Waals surface area (Å²) >= 11 is 1.79. The first-order valence-electron chi connectivity index (χ1n) is 6.86. The van der Waals surface area contributed by atoms with E-state index in [1.165, 1.54) is 30.1 Å². The lowest BCUT2D eigenvalue weighted by molar-refractivity contribution is 0.169. The van der Waals surface area contributed by atoms with E-state index in [-0.39, 0.29) is 17.8 Å². The van der Waals surface area contributed by atoms with Gasteiger partial charge < -0.3 is 5.73 Å². The summed E-state index contributed by atoms with van der Waals surface area (Å²) in [5, 5.41) is 3.46. The molecule has 1 atom stereocenters. The third-order valence-corrected chi connectivity index (χ3v) is 4.83. The first kappa shape index (κ1) is 16.9. The van der Waals surface area contributed by atoms with E-state index in [0.717, 1.165) is 19.6 Å². The highest BCUT2D eigenvalue weighted by molar-refractivity contribution is 7.09. The minimum Gasteiger partial charge on any atom is -0.330 e. The van der Waals surface area contributed by atoms with E-state index < -0.39 is 0 Å². The van der Waals surface area contributed by atoms with Crippen molar-refractivity contribution in [2.75, 3.05) is 19.6 Å². The Morgan fingerprint density at radius 2 is 2.21 bits per heavy atom. The fourth-order valence-electron chi connectivity index (χ4n) is 2.44. The predicted octanol–water partition coefficient (Wildman–Crippen LogP) is 3.03. The maximum atomic E-state index is 5.78. The van der Waals surface area contributed by atoms with Crippen molar-refractivity contribution < 1.29 is 0 Å². The lowest BCUT2D eigenvalue weighted by atomic mass is 9.98. The SMILES string of the molecule is CC(C)(C)c1nc(CN2CCCC(CN)C2)cs1.Cl. The molecule has 0 amide bonds. The second-order valence-corrected chi connectivity index (χ2v) is 7.23. The Balaban J connectivity index is 0.00000180. The molecule has 1 aliphatic rings. The zero-order chi connectivity index (χ0) is 13.2. The van der Waals surface area contributed by atoms with Crippen molar-refractivity contribution in [3.05, 3.63) is 16.1 Å². The summed E-state index contributed by atoms with van der Waals surface area (Å²) in [6.07, 6.45) is 2.56. The predicted molar refractivity (Wildman–Crippen MR) is 85.1 cm³/mol. The molecule has 1 fully saturated rings. The van der Waals surface area contributed by atoms with Gasteiger partial charge in [-0.3, -0.25) is 4.90 Å². The minimum atomic E-state index is 0. The molecule has 1 aromatic heterocycles. The molecule has 1 aliphatic heterocycles. The van der Waals surface area contributed by atoms with Gasteiger partial charge in [-0.2, -0.15) is 0 Å². The van der Waals surface area contributed by atoms with Gasteiger partial charge in [0.2, 0.25) is 0 Å². The molecule has 0 aromatic carbocycles. The quantitative estimate of drug-likeness (QED) is 0.933. The molecule has 0 radical (unpaired) electrons. The lowest BCUT2D eigenvalue weighted by Gasteiger charge is -2.31. The zero-order valence-electron chi connectivity index (χ0n) is 12.2. The third kappa shape index (κ3) is 4.71. The lowest BCUT2D eigenvalue weighted by Crippen LogP contribution is -2.37. The van der Waals surface area contributed by atoms with Gasteiger partial charge >= 0.3 is 0 Å². The number of hydrogen-bond donors (Lipinski definition) is 1. The van der Waals surface area contributed by atoms with Crippen LogP contribution in [-0.2, 0) is 12.0 Å². The second-order valence-electron chi connectivity index (χ2n) is 6.37. The highest BCUT2D eigenvalue weighted by atomic mass is 35.5. The Kier molecular flexibility index (Phi) is 6.24. The molecule has 5 heteroatoms. The molecule has 2 rings (SSSR count). The highest BCUT2D eigenvalue weighted by Crippen LogP contribution is 2.26. The van der Waals surface area contributed by atoms with Crippen molar-refractivity contribution in [1.82, 2.24) is 9.88 Å². The number of nitrogens with zero attached hydrogens (tertiary/aromatic N) is 2. The zero-order valence-corrected chi connectivity index (χ0v) is 13.8. The fourth-order valence-corrected chi connectivity index (χ4v) is 3.34. The van der Waals surface area contributed by atoms with Crippen molar-refractivity contribution in [2.45, 2.75) is 45.6 Å². The molecule has 0 aliphatic carbocycles. The van der Waals surface area contributed by atoms with E-state index in [1.807, 2.05) is 0 Å². The summed E-state index contributed by atoms with van der Waals surface area (Å²) in [6.45, 7) is 10.8. The normalized spacial score (nSPS) is 21.2. The van der Waals surface area contributed by atoms with Gasteiger partial charge in [-0.15, -0.1) is 23.7 Å². The number of hydrogen-bond acceptors (Lipinski definition) is 4. The van der Waals surface area contributed by atoms with Crippen molar-refractivity contribution in [3.8, 4) is 0 Å². The number of aromatic nitrogens is 1. The maximum absolute atomic E-state index is 5.78. The van der Waals surface area contributed by atoms with Crippen LogP contribution in [-0.4, -0.2) is 29.5 Å². The van der Waals surface area contributed by atoms with E-state index in [2.05, 4.69) is 31.1 Å². The van der Waals surface area contributed by atoms with Crippen molar-refractivity contribution in [3.63, 3.8) is 0 Å². The standard InChI is InChI=1S/C14H25N3S.ClH/c1-14(2,3)13-16-12(10-18-13)9-17-6-4-5-11(7-15)8-17;/h10-11H,4-9,15H2,1-3H3;1H. The molecule has 110 valence electrons. The highest BCUT2D eigenvalue weighted by Gasteiger charge is 2.21. The molecule has 1 aromatic rings. The number of nitrogens with two attached hydrogens (primary N) is 1. The van der Waals surface area contributed by atoms with Crippen LogP contribution in [0.15, 0.2) is 5.38 Å². The van der Waals surface area contributed by atoms with E-state index >= 15 is 0 Å². The minimum absolute atomic E-state index is 0. The van der Waals surface area contributed by atoms with Crippen LogP contribution >= 0.6 is 23.7 Å². The topological polar surface area (TPSA) is 42.2 Å². The van der Waals surface area contributed by atoms with Gasteiger partial charge in [0.25, 0.3) is 0 Å². The molecule has 2 N–H and O–H groups in total. The van der Waals surface area contributed by atoms with E-state index in [0.29, 0.717) is 5.92 Å². The third-order valence-electron chi connectivity index (χ3n) is 3.52. The Bertz CT molecular complexity index is 386. The van der Waals surface area contributed by atoms with Gasteiger partial charge in [-0.25, -0.2) is 4.98 Å². The van der Waals surface area contributed by atoms with Gasteiger partial charge in [-0.1, -0.05) is 20.8 Å². The number of likely N-dealkylation sites (tertiary alicyclic amines) is 1. The van der Waals surface area contributed by atoms with Gasteiger partial charge in [0.15, 0.2) is 0 Å². The van der Waals surface area contributed by atoms with Gasteiger partial charge in [0, 0.05) is 23.9 Å². The average Bonchev–Trinajstić information content (AvgIpc) is 2.77. The summed E-state index contributed by atoms with van der Waals surface area (Å²) in [5.41, 5.74) is 7.18.